The Bertz CT molecular complexity index is 1330. The van der Waals surface area contributed by atoms with Gasteiger partial charge in [0.2, 0.25) is 0 Å². The second-order valence-corrected chi connectivity index (χ2v) is 7.95. The van der Waals surface area contributed by atoms with Crippen molar-refractivity contribution in [1.29, 1.82) is 0 Å². The van der Waals surface area contributed by atoms with Crippen molar-refractivity contribution in [2.45, 2.75) is 6.04 Å². The fraction of sp³-hybridized carbons (Fsp3) is 0.0345. The van der Waals surface area contributed by atoms with Crippen LogP contribution in [0.4, 0.5) is 5.69 Å². The first-order valence-corrected chi connectivity index (χ1v) is 11.2. The van der Waals surface area contributed by atoms with Crippen molar-refractivity contribution in [3.63, 3.8) is 0 Å². The van der Waals surface area contributed by atoms with Crippen molar-refractivity contribution in [1.82, 2.24) is 10.6 Å². The van der Waals surface area contributed by atoms with Gasteiger partial charge in [0, 0.05) is 17.7 Å². The molecule has 4 aromatic rings. The summed E-state index contributed by atoms with van der Waals surface area (Å²) in [5, 5.41) is 16.7. The summed E-state index contributed by atoms with van der Waals surface area (Å²) in [6.45, 7) is 0. The van der Waals surface area contributed by atoms with E-state index in [9.17, 15) is 19.7 Å². The average Bonchev–Trinajstić information content (AvgIpc) is 2.93. The van der Waals surface area contributed by atoms with Gasteiger partial charge in [-0.3, -0.25) is 19.7 Å². The second kappa shape index (κ2) is 11.4. The van der Waals surface area contributed by atoms with E-state index >= 15 is 0 Å². The quantitative estimate of drug-likeness (QED) is 0.205. The van der Waals surface area contributed by atoms with Crippen LogP contribution in [-0.4, -0.2) is 16.7 Å². The zero-order valence-corrected chi connectivity index (χ0v) is 19.2. The summed E-state index contributed by atoms with van der Waals surface area (Å²) in [5.41, 5.74) is 2.61. The third kappa shape index (κ3) is 6.09. The summed E-state index contributed by atoms with van der Waals surface area (Å²) in [5.74, 6) is -0.953. The van der Waals surface area contributed by atoms with Gasteiger partial charge in [-0.15, -0.1) is 0 Å². The number of carbonyl (C=O) groups is 2. The van der Waals surface area contributed by atoms with E-state index in [4.69, 9.17) is 0 Å². The first-order chi connectivity index (χ1) is 17.5. The molecule has 0 heterocycles. The predicted molar refractivity (Wildman–Crippen MR) is 138 cm³/mol. The van der Waals surface area contributed by atoms with Gasteiger partial charge in [0.25, 0.3) is 17.5 Å². The third-order valence-electron chi connectivity index (χ3n) is 5.48. The molecule has 2 amide bonds. The Kier molecular flexibility index (Phi) is 7.63. The van der Waals surface area contributed by atoms with Gasteiger partial charge in [-0.25, -0.2) is 0 Å². The summed E-state index contributed by atoms with van der Waals surface area (Å²) < 4.78 is 0. The molecule has 0 aromatic heterocycles. The van der Waals surface area contributed by atoms with Crippen molar-refractivity contribution in [2.24, 2.45) is 0 Å². The predicted octanol–water partition coefficient (Wildman–Crippen LogP) is 5.27. The first-order valence-electron chi connectivity index (χ1n) is 11.2. The molecule has 0 atom stereocenters. The number of nitro groups is 1. The van der Waals surface area contributed by atoms with Gasteiger partial charge in [0.15, 0.2) is 0 Å². The fourth-order valence-electron chi connectivity index (χ4n) is 3.66. The number of non-ortho nitro benzene ring substituents is 1. The number of amides is 2. The zero-order chi connectivity index (χ0) is 25.3. The molecule has 7 heteroatoms. The molecule has 4 aromatic carbocycles. The molecule has 4 rings (SSSR count). The minimum atomic E-state index is -0.504. The number of rotatable bonds is 8. The first kappa shape index (κ1) is 24.1. The smallest absolute Gasteiger partial charge is 0.269 e. The average molecular weight is 478 g/mol. The SMILES string of the molecule is O=C(NC(c1ccccc1)c1ccccc1)C(=Cc1ccc([N+](=O)[O-])cc1)NC(=O)c1ccccc1. The minimum Gasteiger partial charge on any atom is -0.340 e. The molecule has 0 aliphatic carbocycles. The Balaban J connectivity index is 1.68. The highest BCUT2D eigenvalue weighted by molar-refractivity contribution is 6.05. The molecule has 0 bridgehead atoms. The van der Waals surface area contributed by atoms with E-state index in [1.165, 1.54) is 30.3 Å². The maximum absolute atomic E-state index is 13.5. The Morgan fingerprint density at radius 3 is 1.72 bits per heavy atom. The molecule has 0 radical (unpaired) electrons. The molecule has 0 saturated carbocycles. The Morgan fingerprint density at radius 2 is 1.22 bits per heavy atom. The van der Waals surface area contributed by atoms with Crippen molar-refractivity contribution in [3.05, 3.63) is 153 Å². The zero-order valence-electron chi connectivity index (χ0n) is 19.2. The lowest BCUT2D eigenvalue weighted by Crippen LogP contribution is -2.37. The lowest BCUT2D eigenvalue weighted by molar-refractivity contribution is -0.384. The standard InChI is InChI=1S/C29H23N3O4/c33-28(24-14-8-3-9-15-24)30-26(20-21-16-18-25(19-17-21)32(35)36)29(34)31-27(22-10-4-1-5-11-22)23-12-6-2-7-13-23/h1-20,27H,(H,30,33)(H,31,34). The van der Waals surface area contributed by atoms with Crippen LogP contribution in [0.25, 0.3) is 6.08 Å². The number of hydrogen-bond acceptors (Lipinski definition) is 4. The lowest BCUT2D eigenvalue weighted by atomic mass is 9.98. The third-order valence-corrected chi connectivity index (χ3v) is 5.48. The van der Waals surface area contributed by atoms with Crippen LogP contribution in [0.1, 0.15) is 33.1 Å². The van der Waals surface area contributed by atoms with Gasteiger partial charge < -0.3 is 10.6 Å². The molecule has 0 spiro atoms. The van der Waals surface area contributed by atoms with Crippen molar-refractivity contribution >= 4 is 23.6 Å². The van der Waals surface area contributed by atoms with Crippen LogP contribution >= 0.6 is 0 Å². The number of nitrogens with zero attached hydrogens (tertiary/aromatic N) is 1. The molecule has 0 saturated heterocycles. The lowest BCUT2D eigenvalue weighted by Gasteiger charge is -2.21. The molecule has 7 nitrogen and oxygen atoms in total. The number of benzene rings is 4. The van der Waals surface area contributed by atoms with Crippen molar-refractivity contribution in [2.75, 3.05) is 0 Å². The Hall–Kier alpha value is -5.04. The summed E-state index contributed by atoms with van der Waals surface area (Å²) in [6, 6.07) is 32.8. The molecule has 2 N–H and O–H groups in total. The van der Waals surface area contributed by atoms with Gasteiger partial charge in [-0.2, -0.15) is 0 Å². The molecule has 178 valence electrons. The molecule has 0 aliphatic rings. The molecule has 0 aliphatic heterocycles. The van der Waals surface area contributed by atoms with Gasteiger partial charge in [0.05, 0.1) is 11.0 Å². The molecule has 36 heavy (non-hydrogen) atoms. The van der Waals surface area contributed by atoms with Crippen molar-refractivity contribution < 1.29 is 14.5 Å². The normalized spacial score (nSPS) is 11.1. The van der Waals surface area contributed by atoms with Crippen molar-refractivity contribution in [3.8, 4) is 0 Å². The van der Waals surface area contributed by atoms with E-state index in [-0.39, 0.29) is 11.4 Å². The van der Waals surface area contributed by atoms with E-state index in [0.717, 1.165) is 11.1 Å². The molecule has 0 fully saturated rings. The molecular formula is C29H23N3O4. The highest BCUT2D eigenvalue weighted by Crippen LogP contribution is 2.22. The Morgan fingerprint density at radius 1 is 0.722 bits per heavy atom. The number of nitrogens with one attached hydrogen (secondary N) is 2. The van der Waals surface area contributed by atoms with Crippen LogP contribution in [0.5, 0.6) is 0 Å². The highest BCUT2D eigenvalue weighted by Gasteiger charge is 2.21. The summed E-state index contributed by atoms with van der Waals surface area (Å²) in [6.07, 6.45) is 1.49. The van der Waals surface area contributed by atoms with Crippen LogP contribution in [0.2, 0.25) is 0 Å². The number of carbonyl (C=O) groups excluding carboxylic acids is 2. The topological polar surface area (TPSA) is 101 Å². The van der Waals surface area contributed by atoms with Gasteiger partial charge in [0.1, 0.15) is 5.70 Å². The van der Waals surface area contributed by atoms with Crippen LogP contribution in [-0.2, 0) is 4.79 Å². The maximum atomic E-state index is 13.5. The van der Waals surface area contributed by atoms with E-state index in [1.807, 2.05) is 60.7 Å². The molecular weight excluding hydrogens is 454 g/mol. The number of hydrogen-bond donors (Lipinski definition) is 2. The van der Waals surface area contributed by atoms with E-state index in [2.05, 4.69) is 10.6 Å². The van der Waals surface area contributed by atoms with Gasteiger partial charge >= 0.3 is 0 Å². The Labute approximate surface area is 208 Å². The summed E-state index contributed by atoms with van der Waals surface area (Å²) >= 11 is 0. The largest absolute Gasteiger partial charge is 0.340 e. The van der Waals surface area contributed by atoms with Gasteiger partial charge in [-0.05, 0) is 47.0 Å². The van der Waals surface area contributed by atoms with Crippen LogP contribution in [0.3, 0.4) is 0 Å². The van der Waals surface area contributed by atoms with Gasteiger partial charge in [-0.1, -0.05) is 78.9 Å². The van der Waals surface area contributed by atoms with E-state index in [0.29, 0.717) is 11.1 Å². The summed E-state index contributed by atoms with van der Waals surface area (Å²) in [7, 11) is 0. The fourth-order valence-corrected chi connectivity index (χ4v) is 3.66. The van der Waals surface area contributed by atoms with E-state index < -0.39 is 22.8 Å². The van der Waals surface area contributed by atoms with Crippen LogP contribution < -0.4 is 10.6 Å². The van der Waals surface area contributed by atoms with E-state index in [1.54, 1.807) is 30.3 Å². The highest BCUT2D eigenvalue weighted by atomic mass is 16.6. The van der Waals surface area contributed by atoms with Crippen LogP contribution in [0.15, 0.2) is 121 Å². The second-order valence-electron chi connectivity index (χ2n) is 7.95. The maximum Gasteiger partial charge on any atom is 0.269 e. The summed E-state index contributed by atoms with van der Waals surface area (Å²) in [4.78, 5) is 36.9. The monoisotopic (exact) mass is 477 g/mol. The van der Waals surface area contributed by atoms with Crippen LogP contribution in [0, 0.1) is 10.1 Å². The molecule has 0 unspecified atom stereocenters. The number of nitro benzene ring substituents is 1. The minimum absolute atomic E-state index is 0.00886.